The van der Waals surface area contributed by atoms with E-state index < -0.39 is 7.12 Å². The zero-order valence-electron chi connectivity index (χ0n) is 16.8. The predicted molar refractivity (Wildman–Crippen MR) is 116 cm³/mol. The van der Waals surface area contributed by atoms with Crippen LogP contribution in [0.5, 0.6) is 5.75 Å². The minimum Gasteiger partial charge on any atom is -0.462 e. The molecule has 3 N–H and O–H groups in total. The Bertz CT molecular complexity index is 982. The number of hydrogen-bond donors (Lipinski definition) is 3. The lowest BCUT2D eigenvalue weighted by Crippen LogP contribution is -2.42. The molecule has 30 heavy (non-hydrogen) atoms. The molecule has 2 fully saturated rings. The Balaban J connectivity index is 1.47. The molecule has 1 atom stereocenters. The van der Waals surface area contributed by atoms with Gasteiger partial charge in [0.25, 0.3) is 0 Å². The van der Waals surface area contributed by atoms with Crippen molar-refractivity contribution in [3.63, 3.8) is 0 Å². The average Bonchev–Trinajstić information content (AvgIpc) is 3.18. The molecular weight excluding hydrogens is 407 g/mol. The minimum atomic E-state index is -1.73. The third kappa shape index (κ3) is 3.08. The van der Waals surface area contributed by atoms with Gasteiger partial charge in [0.1, 0.15) is 24.9 Å². The highest BCUT2D eigenvalue weighted by Gasteiger charge is 2.46. The highest BCUT2D eigenvalue weighted by Crippen LogP contribution is 2.42. The summed E-state index contributed by atoms with van der Waals surface area (Å²) in [5.74, 6) is 1.42. The Labute approximate surface area is 180 Å². The Morgan fingerprint density at radius 1 is 1.47 bits per heavy atom. The summed E-state index contributed by atoms with van der Waals surface area (Å²) >= 11 is 6.42. The van der Waals surface area contributed by atoms with E-state index in [0.717, 1.165) is 32.4 Å². The van der Waals surface area contributed by atoms with Crippen LogP contribution in [0.2, 0.25) is 5.02 Å². The van der Waals surface area contributed by atoms with E-state index in [1.165, 1.54) is 11.6 Å². The van der Waals surface area contributed by atoms with Crippen molar-refractivity contribution in [3.8, 4) is 5.75 Å². The smallest absolute Gasteiger partial charge is 0.462 e. The van der Waals surface area contributed by atoms with E-state index >= 15 is 0 Å². The average molecular weight is 431 g/mol. The molecule has 0 saturated carbocycles. The number of anilines is 1. The Morgan fingerprint density at radius 3 is 3.10 bits per heavy atom. The van der Waals surface area contributed by atoms with Crippen LogP contribution >= 0.6 is 11.6 Å². The van der Waals surface area contributed by atoms with Crippen LogP contribution in [0.1, 0.15) is 24.8 Å². The first kappa shape index (κ1) is 19.7. The Kier molecular flexibility index (Phi) is 4.74. The number of fused-ring (bicyclic) bond motifs is 1. The van der Waals surface area contributed by atoms with E-state index in [1.807, 2.05) is 11.9 Å². The van der Waals surface area contributed by atoms with Crippen LogP contribution in [0.3, 0.4) is 0 Å². The largest absolute Gasteiger partial charge is 0.490 e. The van der Waals surface area contributed by atoms with Crippen molar-refractivity contribution in [2.24, 2.45) is 4.99 Å². The number of hydrogen-bond acceptors (Lipinski definition) is 8. The van der Waals surface area contributed by atoms with E-state index in [1.54, 1.807) is 6.20 Å². The molecule has 1 aromatic rings. The molecule has 4 aliphatic heterocycles. The van der Waals surface area contributed by atoms with Gasteiger partial charge in [-0.2, -0.15) is 0 Å². The number of amidine groups is 1. The molecular formula is C20H24BClN4O4. The summed E-state index contributed by atoms with van der Waals surface area (Å²) in [5.41, 5.74) is 2.61. The molecule has 0 radical (unpaired) electrons. The molecule has 0 amide bonds. The predicted octanol–water partition coefficient (Wildman–Crippen LogP) is 1.08. The molecule has 0 bridgehead atoms. The zero-order chi connectivity index (χ0) is 21.0. The second-order valence-electron chi connectivity index (χ2n) is 8.34. The highest BCUT2D eigenvalue weighted by atomic mass is 35.5. The van der Waals surface area contributed by atoms with Gasteiger partial charge in [0.15, 0.2) is 0 Å². The molecule has 8 nitrogen and oxygen atoms in total. The van der Waals surface area contributed by atoms with Crippen LogP contribution in [-0.2, 0) is 4.74 Å². The van der Waals surface area contributed by atoms with Crippen LogP contribution in [-0.4, -0.2) is 71.8 Å². The van der Waals surface area contributed by atoms with Crippen LogP contribution < -0.4 is 15.5 Å². The monoisotopic (exact) mass is 430 g/mol. The van der Waals surface area contributed by atoms with Crippen LogP contribution in [0.15, 0.2) is 35.4 Å². The van der Waals surface area contributed by atoms with Crippen LogP contribution in [0.25, 0.3) is 0 Å². The van der Waals surface area contributed by atoms with Gasteiger partial charge in [0.2, 0.25) is 0 Å². The third-order valence-electron chi connectivity index (χ3n) is 6.30. The number of rotatable bonds is 4. The zero-order valence-corrected chi connectivity index (χ0v) is 17.6. The van der Waals surface area contributed by atoms with Crippen molar-refractivity contribution >= 4 is 35.7 Å². The number of benzene rings is 1. The molecule has 158 valence electrons. The maximum absolute atomic E-state index is 9.76. The lowest BCUT2D eigenvalue weighted by Gasteiger charge is -2.31. The van der Waals surface area contributed by atoms with Crippen LogP contribution in [0, 0.1) is 0 Å². The lowest BCUT2D eigenvalue weighted by molar-refractivity contribution is 0.0279. The molecule has 4 aliphatic rings. The van der Waals surface area contributed by atoms with Gasteiger partial charge in [0, 0.05) is 19.1 Å². The number of nitrogens with zero attached hydrogens (tertiary/aromatic N) is 3. The summed E-state index contributed by atoms with van der Waals surface area (Å²) in [4.78, 5) is 8.83. The summed E-state index contributed by atoms with van der Waals surface area (Å²) < 4.78 is 12.3. The topological polar surface area (TPSA) is 89.8 Å². The molecule has 10 heteroatoms. The fourth-order valence-electron chi connectivity index (χ4n) is 4.94. The van der Waals surface area contributed by atoms with Crippen molar-refractivity contribution < 1.29 is 19.5 Å². The number of halogens is 1. The van der Waals surface area contributed by atoms with Gasteiger partial charge in [-0.1, -0.05) is 23.8 Å². The first-order chi connectivity index (χ1) is 14.4. The molecule has 0 aliphatic carbocycles. The lowest BCUT2D eigenvalue weighted by atomic mass is 9.79. The molecule has 5 rings (SSSR count). The van der Waals surface area contributed by atoms with E-state index in [2.05, 4.69) is 21.8 Å². The molecule has 0 unspecified atom stereocenters. The summed E-state index contributed by atoms with van der Waals surface area (Å²) in [6.45, 7) is 6.98. The van der Waals surface area contributed by atoms with Crippen molar-refractivity contribution in [1.29, 1.82) is 0 Å². The van der Waals surface area contributed by atoms with E-state index in [0.29, 0.717) is 42.1 Å². The van der Waals surface area contributed by atoms with Crippen molar-refractivity contribution in [1.82, 2.24) is 9.80 Å². The molecule has 4 heterocycles. The maximum Gasteiger partial charge on any atom is 0.490 e. The normalized spacial score (nSPS) is 24.9. The van der Waals surface area contributed by atoms with Gasteiger partial charge in [-0.25, -0.2) is 4.99 Å². The molecule has 0 aromatic heterocycles. The van der Waals surface area contributed by atoms with Gasteiger partial charge in [-0.05, 0) is 31.9 Å². The van der Waals surface area contributed by atoms with Crippen molar-refractivity contribution in [2.45, 2.75) is 24.8 Å². The van der Waals surface area contributed by atoms with Crippen molar-refractivity contribution in [2.75, 3.05) is 38.7 Å². The number of ether oxygens (including phenoxy) is 2. The fourth-order valence-corrected chi connectivity index (χ4v) is 5.26. The minimum absolute atomic E-state index is 0.0287. The van der Waals surface area contributed by atoms with Gasteiger partial charge in [0.05, 0.1) is 28.0 Å². The van der Waals surface area contributed by atoms with E-state index in [4.69, 9.17) is 21.1 Å². The molecule has 2 saturated heterocycles. The van der Waals surface area contributed by atoms with Gasteiger partial charge in [-0.3, -0.25) is 4.90 Å². The summed E-state index contributed by atoms with van der Waals surface area (Å²) in [5, 5.41) is 22.9. The standard InChI is InChI=1S/C20H24BClN4O4/c1-12-7-20(4-3-5-26(20)8-12)10-29-15-9-25(2)19-16-14(30-15)6-13(21(27)28)17(22)18(16)23-11-24-19/h6,9,23,27-28H,1,3-5,7-8,10-11H2,2H3/t20-/m0/s1. The first-order valence-corrected chi connectivity index (χ1v) is 10.4. The summed E-state index contributed by atoms with van der Waals surface area (Å²) in [6.07, 6.45) is 4.92. The summed E-state index contributed by atoms with van der Waals surface area (Å²) in [6, 6.07) is 1.53. The first-order valence-electron chi connectivity index (χ1n) is 10.1. The Hall–Kier alpha value is -2.20. The van der Waals surface area contributed by atoms with Gasteiger partial charge >= 0.3 is 13.1 Å². The number of nitrogens with one attached hydrogen (secondary N) is 1. The highest BCUT2D eigenvalue weighted by molar-refractivity contribution is 6.63. The van der Waals surface area contributed by atoms with Crippen molar-refractivity contribution in [3.05, 3.63) is 40.9 Å². The molecule has 0 spiro atoms. The fraction of sp³-hybridized carbons (Fsp3) is 0.450. The second kappa shape index (κ2) is 7.20. The SMILES string of the molecule is C=C1CN2CCC[C@@]2(COC2=CN(C)C3=NCNc4c(Cl)c(B(O)O)cc(c43)O2)C1. The second-order valence-corrected chi connectivity index (χ2v) is 8.72. The number of aliphatic imine (C=N–C) groups is 1. The van der Waals surface area contributed by atoms with E-state index in [-0.39, 0.29) is 16.0 Å². The van der Waals surface area contributed by atoms with E-state index in [9.17, 15) is 10.0 Å². The van der Waals surface area contributed by atoms with Crippen LogP contribution in [0.4, 0.5) is 5.69 Å². The quantitative estimate of drug-likeness (QED) is 0.486. The van der Waals surface area contributed by atoms with Gasteiger partial charge in [-0.15, -0.1) is 0 Å². The van der Waals surface area contributed by atoms with Gasteiger partial charge < -0.3 is 29.7 Å². The third-order valence-corrected chi connectivity index (χ3v) is 6.71. The summed E-state index contributed by atoms with van der Waals surface area (Å²) in [7, 11) is 0.146. The maximum atomic E-state index is 9.76. The Morgan fingerprint density at radius 2 is 2.30 bits per heavy atom. The molecule has 1 aromatic carbocycles.